The van der Waals surface area contributed by atoms with Gasteiger partial charge in [-0.2, -0.15) is 10.2 Å². The van der Waals surface area contributed by atoms with Gasteiger partial charge in [0, 0.05) is 17.7 Å². The molecule has 0 radical (unpaired) electrons. The highest BCUT2D eigenvalue weighted by atomic mass is 16.3. The molecule has 0 fully saturated rings. The number of hydrogen-bond donors (Lipinski definition) is 2. The van der Waals surface area contributed by atoms with Crippen LogP contribution in [0.25, 0.3) is 0 Å². The normalized spacial score (nSPS) is 10.7. The second kappa shape index (κ2) is 10.1. The highest BCUT2D eigenvalue weighted by Crippen LogP contribution is 2.27. The van der Waals surface area contributed by atoms with Gasteiger partial charge in [0.1, 0.15) is 5.75 Å². The third kappa shape index (κ3) is 5.96. The quantitative estimate of drug-likeness (QED) is 0.299. The number of carbonyl (C=O) groups excluding carboxylic acids is 2. The molecule has 2 N–H and O–H groups in total. The first-order valence-electron chi connectivity index (χ1n) is 9.81. The minimum atomic E-state index is -0.279. The summed E-state index contributed by atoms with van der Waals surface area (Å²) in [5.41, 5.74) is 3.32. The first kappa shape index (κ1) is 21.6. The summed E-state index contributed by atoms with van der Waals surface area (Å²) >= 11 is 0. The van der Waals surface area contributed by atoms with Crippen molar-refractivity contribution >= 4 is 23.1 Å². The molecule has 0 aliphatic rings. The lowest BCUT2D eigenvalue weighted by Crippen LogP contribution is -2.25. The second-order valence-corrected chi connectivity index (χ2v) is 7.05. The fourth-order valence-corrected chi connectivity index (χ4v) is 2.83. The summed E-state index contributed by atoms with van der Waals surface area (Å²) in [5, 5.41) is 21.3. The molecule has 156 valence electrons. The van der Waals surface area contributed by atoms with Crippen LogP contribution in [0.1, 0.15) is 28.4 Å². The molecule has 6 nitrogen and oxygen atoms in total. The van der Waals surface area contributed by atoms with E-state index < -0.39 is 0 Å². The Bertz CT molecular complexity index is 1120. The molecule has 0 bridgehead atoms. The molecule has 3 rings (SSSR count). The number of amides is 1. The lowest BCUT2D eigenvalue weighted by molar-refractivity contribution is -0.117. The van der Waals surface area contributed by atoms with Crippen LogP contribution in [0.2, 0.25) is 0 Å². The van der Waals surface area contributed by atoms with E-state index in [1.54, 1.807) is 37.3 Å². The number of nitrogens with zero attached hydrogens (tertiary/aromatic N) is 2. The number of hydrogen-bond acceptors (Lipinski definition) is 5. The van der Waals surface area contributed by atoms with E-state index in [4.69, 9.17) is 0 Å². The number of rotatable bonds is 8. The van der Waals surface area contributed by atoms with Crippen LogP contribution < -0.4 is 5.32 Å². The Morgan fingerprint density at radius 1 is 0.935 bits per heavy atom. The Kier molecular flexibility index (Phi) is 7.06. The van der Waals surface area contributed by atoms with Crippen LogP contribution in [0.4, 0.5) is 11.4 Å². The third-order valence-electron chi connectivity index (χ3n) is 4.56. The molecule has 3 aromatic rings. The summed E-state index contributed by atoms with van der Waals surface area (Å²) in [6.07, 6.45) is 0.694. The van der Waals surface area contributed by atoms with E-state index in [1.165, 1.54) is 12.1 Å². The van der Waals surface area contributed by atoms with Gasteiger partial charge in [-0.1, -0.05) is 49.0 Å². The Hall–Kier alpha value is -4.06. The molecule has 3 aromatic carbocycles. The Labute approximate surface area is 181 Å². The van der Waals surface area contributed by atoms with Gasteiger partial charge in [-0.25, -0.2) is 0 Å². The lowest BCUT2D eigenvalue weighted by Gasteiger charge is -2.05. The molecule has 0 aromatic heterocycles. The summed E-state index contributed by atoms with van der Waals surface area (Å²) in [4.78, 5) is 24.1. The monoisotopic (exact) mass is 413 g/mol. The van der Waals surface area contributed by atoms with Gasteiger partial charge < -0.3 is 10.4 Å². The minimum absolute atomic E-state index is 0.101. The third-order valence-corrected chi connectivity index (χ3v) is 4.56. The molecule has 0 aliphatic heterocycles. The minimum Gasteiger partial charge on any atom is -0.507 e. The summed E-state index contributed by atoms with van der Waals surface area (Å²) < 4.78 is 0. The van der Waals surface area contributed by atoms with Gasteiger partial charge in [0.2, 0.25) is 5.91 Å². The average Bonchev–Trinajstić information content (AvgIpc) is 2.79. The number of benzene rings is 3. The average molecular weight is 413 g/mol. The maximum absolute atomic E-state index is 12.6. The van der Waals surface area contributed by atoms with Crippen LogP contribution in [-0.2, 0) is 11.2 Å². The van der Waals surface area contributed by atoms with Crippen molar-refractivity contribution in [2.24, 2.45) is 10.2 Å². The summed E-state index contributed by atoms with van der Waals surface area (Å²) in [7, 11) is 0. The number of phenols is 1. The van der Waals surface area contributed by atoms with E-state index in [0.29, 0.717) is 35.5 Å². The predicted octanol–water partition coefficient (Wildman–Crippen LogP) is 5.27. The van der Waals surface area contributed by atoms with Crippen molar-refractivity contribution in [2.75, 3.05) is 6.54 Å². The lowest BCUT2D eigenvalue weighted by atomic mass is 10.0. The number of azo groups is 1. The zero-order valence-corrected chi connectivity index (χ0v) is 17.2. The first-order chi connectivity index (χ1) is 14.9. The predicted molar refractivity (Wildman–Crippen MR) is 120 cm³/mol. The number of phenolic OH excluding ortho intramolecular Hbond substituents is 1. The van der Waals surface area contributed by atoms with E-state index in [-0.39, 0.29) is 23.0 Å². The zero-order valence-electron chi connectivity index (χ0n) is 17.2. The van der Waals surface area contributed by atoms with E-state index >= 15 is 0 Å². The van der Waals surface area contributed by atoms with Crippen LogP contribution in [0.5, 0.6) is 5.75 Å². The van der Waals surface area contributed by atoms with E-state index in [9.17, 15) is 14.7 Å². The first-order valence-corrected chi connectivity index (χ1v) is 9.81. The molecule has 0 saturated carbocycles. The SMILES string of the molecule is C=C(C)C(=O)NCCc1ccc(N=Nc2ccc(O)c(C(=O)c3ccccc3)c2)cc1. The molecule has 0 saturated heterocycles. The summed E-state index contributed by atoms with van der Waals surface area (Å²) in [5.74, 6) is -0.529. The van der Waals surface area contributed by atoms with Crippen LogP contribution >= 0.6 is 0 Å². The van der Waals surface area contributed by atoms with Crippen molar-refractivity contribution in [3.63, 3.8) is 0 Å². The van der Waals surface area contributed by atoms with E-state index in [0.717, 1.165) is 5.56 Å². The molecule has 0 aliphatic carbocycles. The molecule has 0 spiro atoms. The number of aromatic hydroxyl groups is 1. The van der Waals surface area contributed by atoms with Gasteiger partial charge in [-0.3, -0.25) is 9.59 Å². The maximum Gasteiger partial charge on any atom is 0.246 e. The topological polar surface area (TPSA) is 91.1 Å². The van der Waals surface area contributed by atoms with Crippen molar-refractivity contribution in [1.82, 2.24) is 5.32 Å². The van der Waals surface area contributed by atoms with Gasteiger partial charge in [0.25, 0.3) is 0 Å². The molecular weight excluding hydrogens is 390 g/mol. The van der Waals surface area contributed by atoms with Crippen LogP contribution in [0.15, 0.2) is 95.2 Å². The second-order valence-electron chi connectivity index (χ2n) is 7.05. The molecule has 0 atom stereocenters. The van der Waals surface area contributed by atoms with Crippen molar-refractivity contribution < 1.29 is 14.7 Å². The van der Waals surface area contributed by atoms with Crippen molar-refractivity contribution in [2.45, 2.75) is 13.3 Å². The van der Waals surface area contributed by atoms with Gasteiger partial charge in [0.15, 0.2) is 5.78 Å². The molecule has 0 unspecified atom stereocenters. The molecular formula is C25H23N3O3. The Balaban J connectivity index is 1.66. The Morgan fingerprint density at radius 2 is 1.58 bits per heavy atom. The summed E-state index contributed by atoms with van der Waals surface area (Å²) in [6.45, 7) is 5.80. The van der Waals surface area contributed by atoms with Crippen molar-refractivity contribution in [3.05, 3.63) is 102 Å². The maximum atomic E-state index is 12.6. The zero-order chi connectivity index (χ0) is 22.2. The molecule has 0 heterocycles. The molecule has 31 heavy (non-hydrogen) atoms. The van der Waals surface area contributed by atoms with Crippen LogP contribution in [-0.4, -0.2) is 23.3 Å². The molecule has 6 heteroatoms. The van der Waals surface area contributed by atoms with Gasteiger partial charge in [-0.05, 0) is 49.2 Å². The van der Waals surface area contributed by atoms with Crippen LogP contribution in [0.3, 0.4) is 0 Å². The highest BCUT2D eigenvalue weighted by molar-refractivity contribution is 6.11. The standard InChI is InChI=1S/C25H23N3O3/c1-17(2)25(31)26-15-14-18-8-10-20(11-9-18)27-28-21-12-13-23(29)22(16-21)24(30)19-6-4-3-5-7-19/h3-13,16,29H,1,14-15H2,2H3,(H,26,31). The Morgan fingerprint density at radius 3 is 2.26 bits per heavy atom. The fourth-order valence-electron chi connectivity index (χ4n) is 2.83. The van der Waals surface area contributed by atoms with E-state index in [2.05, 4.69) is 22.1 Å². The number of ketones is 1. The van der Waals surface area contributed by atoms with Crippen molar-refractivity contribution in [3.8, 4) is 5.75 Å². The van der Waals surface area contributed by atoms with E-state index in [1.807, 2.05) is 30.3 Å². The largest absolute Gasteiger partial charge is 0.507 e. The highest BCUT2D eigenvalue weighted by Gasteiger charge is 2.14. The number of carbonyl (C=O) groups is 2. The fraction of sp³-hybridized carbons (Fsp3) is 0.120. The molecule has 1 amide bonds. The van der Waals surface area contributed by atoms with Gasteiger partial charge in [-0.15, -0.1) is 0 Å². The smallest absolute Gasteiger partial charge is 0.246 e. The number of nitrogens with one attached hydrogen (secondary N) is 1. The van der Waals surface area contributed by atoms with Gasteiger partial charge >= 0.3 is 0 Å². The van der Waals surface area contributed by atoms with Crippen LogP contribution in [0, 0.1) is 0 Å². The van der Waals surface area contributed by atoms with Gasteiger partial charge in [0.05, 0.1) is 16.9 Å². The summed E-state index contributed by atoms with van der Waals surface area (Å²) in [6, 6.07) is 20.8. The van der Waals surface area contributed by atoms with Crippen molar-refractivity contribution in [1.29, 1.82) is 0 Å².